The molecule has 0 atom stereocenters. The molecule has 3 aromatic rings. The molecule has 0 aliphatic rings. The quantitative estimate of drug-likeness (QED) is 0.283. The van der Waals surface area contributed by atoms with E-state index in [4.69, 9.17) is 14.2 Å². The number of fused-ring (bicyclic) bond motifs is 1. The third-order valence-electron chi connectivity index (χ3n) is 5.92. The summed E-state index contributed by atoms with van der Waals surface area (Å²) in [5.41, 5.74) is 1.43. The lowest BCUT2D eigenvalue weighted by molar-refractivity contribution is 0.243. The summed E-state index contributed by atoms with van der Waals surface area (Å²) in [5.74, 6) is 2.51. The standard InChI is InChI=1S/C28H38N4O4/c1-5-7-16-32(17-8-6-2)18-15-30-28(33)31-21-9-11-22(12-10-21)36-25-13-14-29-24-20-27(35-4)26(34-3)19-23(24)25/h9-14,19-20H,5-8,15-18H2,1-4H3,(H2,30,31,33). The Morgan fingerprint density at radius 1 is 0.889 bits per heavy atom. The van der Waals surface area contributed by atoms with Gasteiger partial charge in [-0.15, -0.1) is 0 Å². The van der Waals surface area contributed by atoms with Crippen molar-refractivity contribution in [3.05, 3.63) is 48.7 Å². The predicted molar refractivity (Wildman–Crippen MR) is 145 cm³/mol. The van der Waals surface area contributed by atoms with Gasteiger partial charge in [-0.05, 0) is 62.3 Å². The van der Waals surface area contributed by atoms with E-state index in [0.717, 1.165) is 30.5 Å². The number of rotatable bonds is 14. The summed E-state index contributed by atoms with van der Waals surface area (Å²) in [6.45, 7) is 8.03. The molecule has 0 bridgehead atoms. The van der Waals surface area contributed by atoms with Gasteiger partial charge in [-0.2, -0.15) is 0 Å². The van der Waals surface area contributed by atoms with Crippen molar-refractivity contribution in [2.24, 2.45) is 0 Å². The Bertz CT molecular complexity index is 1100. The Morgan fingerprint density at radius 3 is 2.19 bits per heavy atom. The van der Waals surface area contributed by atoms with Crippen molar-refractivity contribution >= 4 is 22.6 Å². The molecule has 2 N–H and O–H groups in total. The van der Waals surface area contributed by atoms with E-state index in [2.05, 4.69) is 34.4 Å². The highest BCUT2D eigenvalue weighted by Gasteiger charge is 2.12. The van der Waals surface area contributed by atoms with Crippen LogP contribution in [-0.4, -0.2) is 56.3 Å². The van der Waals surface area contributed by atoms with Crippen molar-refractivity contribution in [1.82, 2.24) is 15.2 Å². The minimum atomic E-state index is -0.212. The van der Waals surface area contributed by atoms with Crippen LogP contribution in [0.3, 0.4) is 0 Å². The first-order valence-electron chi connectivity index (χ1n) is 12.6. The number of amides is 2. The smallest absolute Gasteiger partial charge is 0.319 e. The van der Waals surface area contributed by atoms with Crippen LogP contribution in [0.4, 0.5) is 10.5 Å². The summed E-state index contributed by atoms with van der Waals surface area (Å²) in [5, 5.41) is 6.65. The van der Waals surface area contributed by atoms with Gasteiger partial charge in [-0.1, -0.05) is 26.7 Å². The third kappa shape index (κ3) is 7.75. The van der Waals surface area contributed by atoms with Crippen LogP contribution in [0, 0.1) is 0 Å². The van der Waals surface area contributed by atoms with Gasteiger partial charge in [-0.3, -0.25) is 4.98 Å². The van der Waals surface area contributed by atoms with Crippen LogP contribution in [0.15, 0.2) is 48.7 Å². The Labute approximate surface area is 213 Å². The van der Waals surface area contributed by atoms with E-state index in [0.29, 0.717) is 35.2 Å². The number of pyridine rings is 1. The lowest BCUT2D eigenvalue weighted by atomic mass is 10.2. The maximum Gasteiger partial charge on any atom is 0.319 e. The normalized spacial score (nSPS) is 10.9. The number of methoxy groups -OCH3 is 2. The lowest BCUT2D eigenvalue weighted by Crippen LogP contribution is -2.37. The second-order valence-corrected chi connectivity index (χ2v) is 8.59. The molecule has 8 heteroatoms. The highest BCUT2D eigenvalue weighted by Crippen LogP contribution is 2.36. The monoisotopic (exact) mass is 494 g/mol. The third-order valence-corrected chi connectivity index (χ3v) is 5.92. The molecule has 0 radical (unpaired) electrons. The van der Waals surface area contributed by atoms with Gasteiger partial charge in [0.1, 0.15) is 11.5 Å². The Kier molecular flexibility index (Phi) is 10.6. The summed E-state index contributed by atoms with van der Waals surface area (Å²) in [6.07, 6.45) is 6.41. The molecule has 2 amide bonds. The van der Waals surface area contributed by atoms with Gasteiger partial charge in [0.25, 0.3) is 0 Å². The molecule has 2 aromatic carbocycles. The van der Waals surface area contributed by atoms with Crippen LogP contribution in [0.5, 0.6) is 23.0 Å². The molecule has 0 fully saturated rings. The summed E-state index contributed by atoms with van der Waals surface area (Å²) in [4.78, 5) is 19.2. The topological polar surface area (TPSA) is 85.0 Å². The maximum atomic E-state index is 12.4. The van der Waals surface area contributed by atoms with Crippen molar-refractivity contribution < 1.29 is 19.0 Å². The first kappa shape index (κ1) is 27.1. The Morgan fingerprint density at radius 2 is 1.56 bits per heavy atom. The number of benzene rings is 2. The molecule has 0 unspecified atom stereocenters. The number of anilines is 1. The summed E-state index contributed by atoms with van der Waals surface area (Å²) in [7, 11) is 3.19. The number of nitrogens with zero attached hydrogens (tertiary/aromatic N) is 2. The van der Waals surface area contributed by atoms with Gasteiger partial charge in [0.05, 0.1) is 19.7 Å². The molecule has 194 valence electrons. The molecule has 0 spiro atoms. The van der Waals surface area contributed by atoms with E-state index >= 15 is 0 Å². The molecule has 0 saturated heterocycles. The Balaban J connectivity index is 1.56. The SMILES string of the molecule is CCCCN(CCCC)CCNC(=O)Nc1ccc(Oc2ccnc3cc(OC)c(OC)cc23)cc1. The molecule has 1 aromatic heterocycles. The number of unbranched alkanes of at least 4 members (excludes halogenated alkanes) is 2. The first-order valence-corrected chi connectivity index (χ1v) is 12.6. The average molecular weight is 495 g/mol. The zero-order valence-corrected chi connectivity index (χ0v) is 21.8. The molecule has 1 heterocycles. The van der Waals surface area contributed by atoms with Crippen LogP contribution in [-0.2, 0) is 0 Å². The summed E-state index contributed by atoms with van der Waals surface area (Å²) in [6, 6.07) is 12.5. The number of nitrogens with one attached hydrogen (secondary N) is 2. The van der Waals surface area contributed by atoms with Gasteiger partial charge in [-0.25, -0.2) is 4.79 Å². The second kappa shape index (κ2) is 14.1. The molecule has 0 aliphatic carbocycles. The van der Waals surface area contributed by atoms with Crippen LogP contribution < -0.4 is 24.8 Å². The fourth-order valence-electron chi connectivity index (χ4n) is 3.87. The van der Waals surface area contributed by atoms with Gasteiger partial charge in [0.2, 0.25) is 0 Å². The zero-order chi connectivity index (χ0) is 25.8. The number of hydrogen-bond donors (Lipinski definition) is 2. The average Bonchev–Trinajstić information content (AvgIpc) is 2.90. The lowest BCUT2D eigenvalue weighted by Gasteiger charge is -2.22. The van der Waals surface area contributed by atoms with E-state index in [1.165, 1.54) is 25.7 Å². The minimum Gasteiger partial charge on any atom is -0.493 e. The second-order valence-electron chi connectivity index (χ2n) is 8.59. The highest BCUT2D eigenvalue weighted by molar-refractivity contribution is 5.89. The van der Waals surface area contributed by atoms with Gasteiger partial charge in [0, 0.05) is 36.4 Å². The summed E-state index contributed by atoms with van der Waals surface area (Å²) < 4.78 is 16.9. The van der Waals surface area contributed by atoms with E-state index in [1.54, 1.807) is 26.5 Å². The number of hydrogen-bond acceptors (Lipinski definition) is 6. The number of carbonyl (C=O) groups is 1. The minimum absolute atomic E-state index is 0.212. The number of ether oxygens (including phenoxy) is 3. The molecule has 0 aliphatic heterocycles. The number of carbonyl (C=O) groups excluding carboxylic acids is 1. The van der Waals surface area contributed by atoms with Gasteiger partial charge in [0.15, 0.2) is 11.5 Å². The maximum absolute atomic E-state index is 12.4. The fraction of sp³-hybridized carbons (Fsp3) is 0.429. The van der Waals surface area contributed by atoms with Crippen LogP contribution in [0.1, 0.15) is 39.5 Å². The van der Waals surface area contributed by atoms with Crippen molar-refractivity contribution in [2.75, 3.05) is 45.7 Å². The number of aromatic nitrogens is 1. The molecule has 8 nitrogen and oxygen atoms in total. The van der Waals surface area contributed by atoms with Crippen molar-refractivity contribution in [3.8, 4) is 23.0 Å². The zero-order valence-electron chi connectivity index (χ0n) is 21.8. The highest BCUT2D eigenvalue weighted by atomic mass is 16.5. The largest absolute Gasteiger partial charge is 0.493 e. The van der Waals surface area contributed by atoms with Crippen molar-refractivity contribution in [3.63, 3.8) is 0 Å². The van der Waals surface area contributed by atoms with Crippen LogP contribution in [0.2, 0.25) is 0 Å². The molecular formula is C28H38N4O4. The van der Waals surface area contributed by atoms with Crippen LogP contribution in [0.25, 0.3) is 10.9 Å². The van der Waals surface area contributed by atoms with Gasteiger partial charge >= 0.3 is 6.03 Å². The molecule has 0 saturated carbocycles. The van der Waals surface area contributed by atoms with Crippen molar-refractivity contribution in [1.29, 1.82) is 0 Å². The van der Waals surface area contributed by atoms with Crippen LogP contribution >= 0.6 is 0 Å². The van der Waals surface area contributed by atoms with E-state index < -0.39 is 0 Å². The first-order chi connectivity index (χ1) is 17.6. The van der Waals surface area contributed by atoms with E-state index in [9.17, 15) is 4.79 Å². The van der Waals surface area contributed by atoms with E-state index in [-0.39, 0.29) is 6.03 Å². The van der Waals surface area contributed by atoms with E-state index in [1.807, 2.05) is 36.4 Å². The predicted octanol–water partition coefficient (Wildman–Crippen LogP) is 6.07. The van der Waals surface area contributed by atoms with Crippen molar-refractivity contribution in [2.45, 2.75) is 39.5 Å². The molecule has 36 heavy (non-hydrogen) atoms. The summed E-state index contributed by atoms with van der Waals surface area (Å²) >= 11 is 0. The number of urea groups is 1. The molecular weight excluding hydrogens is 456 g/mol. The fourth-order valence-corrected chi connectivity index (χ4v) is 3.87. The molecule has 3 rings (SSSR count). The van der Waals surface area contributed by atoms with Gasteiger partial charge < -0.3 is 29.7 Å². The Hall–Kier alpha value is -3.52.